The molecule has 1 N–H and O–H groups in total. The van der Waals surface area contributed by atoms with Gasteiger partial charge in [0.2, 0.25) is 0 Å². The molecule has 0 atom stereocenters. The van der Waals surface area contributed by atoms with Gasteiger partial charge in [0, 0.05) is 6.92 Å². The molecule has 7 heteroatoms. The zero-order valence-electron chi connectivity index (χ0n) is 11.1. The minimum absolute atomic E-state index is 0.0506. The van der Waals surface area contributed by atoms with E-state index >= 15 is 0 Å². The summed E-state index contributed by atoms with van der Waals surface area (Å²) in [7, 11) is 0. The predicted molar refractivity (Wildman–Crippen MR) is 71.9 cm³/mol. The highest BCUT2D eigenvalue weighted by atomic mass is 16.3. The number of benzene rings is 1. The monoisotopic (exact) mass is 271 g/mol. The lowest BCUT2D eigenvalue weighted by Crippen LogP contribution is -1.96. The van der Waals surface area contributed by atoms with Gasteiger partial charge in [-0.05, 0) is 31.2 Å². The first-order valence-corrected chi connectivity index (χ1v) is 5.85. The van der Waals surface area contributed by atoms with Crippen molar-refractivity contribution >= 4 is 11.5 Å². The summed E-state index contributed by atoms with van der Waals surface area (Å²) in [5.41, 5.74) is 1.35. The van der Waals surface area contributed by atoms with Crippen LogP contribution in [0.3, 0.4) is 0 Å². The highest BCUT2D eigenvalue weighted by molar-refractivity contribution is 5.93. The number of rotatable bonds is 4. The van der Waals surface area contributed by atoms with Crippen LogP contribution in [0, 0.1) is 0 Å². The van der Waals surface area contributed by atoms with E-state index in [1.165, 1.54) is 20.2 Å². The normalized spacial score (nSPS) is 12.5. The summed E-state index contributed by atoms with van der Waals surface area (Å²) in [6.07, 6.45) is 3.03. The van der Waals surface area contributed by atoms with Crippen molar-refractivity contribution in [2.45, 2.75) is 13.8 Å². The molecule has 0 amide bonds. The Morgan fingerprint density at radius 1 is 1.25 bits per heavy atom. The lowest BCUT2D eigenvalue weighted by Gasteiger charge is -2.00. The molecule has 1 aromatic carbocycles. The Bertz CT molecular complexity index is 653. The Morgan fingerprint density at radius 2 is 1.95 bits per heavy atom. The number of ketones is 1. The van der Waals surface area contributed by atoms with E-state index in [0.29, 0.717) is 5.69 Å². The van der Waals surface area contributed by atoms with Crippen LogP contribution >= 0.6 is 0 Å². The van der Waals surface area contributed by atoms with Crippen LogP contribution < -0.4 is 0 Å². The number of carbonyl (C=O) groups excluding carboxylic acids is 1. The summed E-state index contributed by atoms with van der Waals surface area (Å²) < 4.78 is 1.61. The largest absolute Gasteiger partial charge is 0.510 e. The standard InChI is InChI=1S/C13H13N5O2/c1-9(19)13(10(2)20)17-16-11-3-5-12(6-4-11)18-8-14-7-15-18/h3-8,19H,1-2H3/b13-9+,17-16?. The number of hydrogen-bond acceptors (Lipinski definition) is 6. The second-order valence-corrected chi connectivity index (χ2v) is 4.05. The van der Waals surface area contributed by atoms with Crippen molar-refractivity contribution < 1.29 is 9.90 Å². The molecule has 20 heavy (non-hydrogen) atoms. The van der Waals surface area contributed by atoms with E-state index in [-0.39, 0.29) is 17.2 Å². The van der Waals surface area contributed by atoms with Gasteiger partial charge < -0.3 is 5.11 Å². The predicted octanol–water partition coefficient (Wildman–Crippen LogP) is 2.73. The van der Waals surface area contributed by atoms with Gasteiger partial charge in [-0.3, -0.25) is 4.79 Å². The SMILES string of the molecule is CC(=O)/C(N=Nc1ccc(-n2cncn2)cc1)=C(/C)O. The molecular weight excluding hydrogens is 258 g/mol. The van der Waals surface area contributed by atoms with Crippen LogP contribution in [-0.4, -0.2) is 25.7 Å². The Morgan fingerprint density at radius 3 is 2.45 bits per heavy atom. The maximum absolute atomic E-state index is 11.2. The van der Waals surface area contributed by atoms with Crippen LogP contribution in [0.5, 0.6) is 0 Å². The van der Waals surface area contributed by atoms with Crippen molar-refractivity contribution in [2.75, 3.05) is 0 Å². The van der Waals surface area contributed by atoms with Crippen LogP contribution in [-0.2, 0) is 4.79 Å². The first-order valence-electron chi connectivity index (χ1n) is 5.85. The van der Waals surface area contributed by atoms with Crippen LogP contribution in [0.2, 0.25) is 0 Å². The molecule has 0 spiro atoms. The molecule has 0 saturated heterocycles. The van der Waals surface area contributed by atoms with E-state index in [9.17, 15) is 9.90 Å². The van der Waals surface area contributed by atoms with E-state index in [1.54, 1.807) is 35.3 Å². The topological polar surface area (TPSA) is 92.7 Å². The van der Waals surface area contributed by atoms with Crippen molar-refractivity contribution in [2.24, 2.45) is 10.2 Å². The Hall–Kier alpha value is -2.83. The van der Waals surface area contributed by atoms with Gasteiger partial charge in [-0.2, -0.15) is 10.2 Å². The van der Waals surface area contributed by atoms with Gasteiger partial charge >= 0.3 is 0 Å². The van der Waals surface area contributed by atoms with Crippen molar-refractivity contribution in [1.29, 1.82) is 0 Å². The summed E-state index contributed by atoms with van der Waals surface area (Å²) >= 11 is 0. The van der Waals surface area contributed by atoms with Gasteiger partial charge in [-0.15, -0.1) is 5.11 Å². The number of Topliss-reactive ketones (excluding diaryl/α,β-unsaturated/α-hetero) is 1. The zero-order chi connectivity index (χ0) is 14.5. The average molecular weight is 271 g/mol. The van der Waals surface area contributed by atoms with E-state index < -0.39 is 0 Å². The fourth-order valence-corrected chi connectivity index (χ4v) is 1.52. The number of hydrogen-bond donors (Lipinski definition) is 1. The van der Waals surface area contributed by atoms with Crippen molar-refractivity contribution in [3.63, 3.8) is 0 Å². The molecule has 1 heterocycles. The van der Waals surface area contributed by atoms with E-state index in [0.717, 1.165) is 5.69 Å². The van der Waals surface area contributed by atoms with Crippen molar-refractivity contribution in [1.82, 2.24) is 14.8 Å². The summed E-state index contributed by atoms with van der Waals surface area (Å²) in [6.45, 7) is 2.71. The van der Waals surface area contributed by atoms with Crippen LogP contribution in [0.1, 0.15) is 13.8 Å². The minimum atomic E-state index is -0.340. The molecule has 0 aliphatic carbocycles. The van der Waals surface area contributed by atoms with Gasteiger partial charge in [0.1, 0.15) is 18.4 Å². The number of carbonyl (C=O) groups is 1. The maximum atomic E-state index is 11.2. The van der Waals surface area contributed by atoms with Gasteiger partial charge in [0.05, 0.1) is 11.4 Å². The molecule has 0 bridgehead atoms. The van der Waals surface area contributed by atoms with Crippen molar-refractivity contribution in [3.05, 3.63) is 48.4 Å². The van der Waals surface area contributed by atoms with E-state index in [4.69, 9.17) is 0 Å². The molecule has 0 aliphatic rings. The van der Waals surface area contributed by atoms with Gasteiger partial charge in [-0.25, -0.2) is 9.67 Å². The van der Waals surface area contributed by atoms with E-state index in [2.05, 4.69) is 20.3 Å². The Labute approximate surface area is 115 Å². The van der Waals surface area contributed by atoms with E-state index in [1.807, 2.05) is 0 Å². The molecule has 0 fully saturated rings. The third-order valence-corrected chi connectivity index (χ3v) is 2.47. The van der Waals surface area contributed by atoms with Gasteiger partial charge in [-0.1, -0.05) is 0 Å². The first-order chi connectivity index (χ1) is 9.58. The summed E-state index contributed by atoms with van der Waals surface area (Å²) in [5, 5.41) is 21.0. The number of aromatic nitrogens is 3. The van der Waals surface area contributed by atoms with Crippen LogP contribution in [0.4, 0.5) is 5.69 Å². The second kappa shape index (κ2) is 5.87. The van der Waals surface area contributed by atoms with Crippen molar-refractivity contribution in [3.8, 4) is 5.69 Å². The molecule has 0 aliphatic heterocycles. The smallest absolute Gasteiger partial charge is 0.183 e. The number of aliphatic hydroxyl groups excluding tert-OH is 1. The van der Waals surface area contributed by atoms with Crippen LogP contribution in [0.15, 0.2) is 58.6 Å². The molecule has 102 valence electrons. The molecular formula is C13H13N5O2. The maximum Gasteiger partial charge on any atom is 0.183 e. The molecule has 2 rings (SSSR count). The first kappa shape index (κ1) is 13.6. The molecule has 0 unspecified atom stereocenters. The summed E-state index contributed by atoms with van der Waals surface area (Å²) in [4.78, 5) is 15.1. The number of nitrogens with zero attached hydrogens (tertiary/aromatic N) is 5. The summed E-state index contributed by atoms with van der Waals surface area (Å²) in [5.74, 6) is -0.492. The van der Waals surface area contributed by atoms with Gasteiger partial charge in [0.25, 0.3) is 0 Å². The average Bonchev–Trinajstić information content (AvgIpc) is 2.92. The quantitative estimate of drug-likeness (QED) is 0.525. The second-order valence-electron chi connectivity index (χ2n) is 4.05. The molecule has 7 nitrogen and oxygen atoms in total. The fourth-order valence-electron chi connectivity index (χ4n) is 1.52. The molecule has 0 saturated carbocycles. The third kappa shape index (κ3) is 3.14. The molecule has 2 aromatic rings. The minimum Gasteiger partial charge on any atom is -0.510 e. The van der Waals surface area contributed by atoms with Gasteiger partial charge in [0.15, 0.2) is 11.5 Å². The Kier molecular flexibility index (Phi) is 3.99. The Balaban J connectivity index is 2.19. The zero-order valence-corrected chi connectivity index (χ0v) is 11.1. The molecule has 0 radical (unpaired) electrons. The lowest BCUT2D eigenvalue weighted by molar-refractivity contribution is -0.113. The lowest BCUT2D eigenvalue weighted by atomic mass is 10.3. The highest BCUT2D eigenvalue weighted by Crippen LogP contribution is 2.17. The fraction of sp³-hybridized carbons (Fsp3) is 0.154. The third-order valence-electron chi connectivity index (χ3n) is 2.47. The summed E-state index contributed by atoms with van der Waals surface area (Å²) in [6, 6.07) is 7.05. The number of aliphatic hydroxyl groups is 1. The number of azo groups is 1. The van der Waals surface area contributed by atoms with Crippen LogP contribution in [0.25, 0.3) is 5.69 Å². The highest BCUT2D eigenvalue weighted by Gasteiger charge is 2.06. The number of allylic oxidation sites excluding steroid dienone is 2. The molecule has 1 aromatic heterocycles.